The van der Waals surface area contributed by atoms with Crippen molar-refractivity contribution in [2.24, 2.45) is 0 Å². The molecular formula is C27H27N7O4S. The molecule has 5 aromatic rings. The Labute approximate surface area is 225 Å². The Morgan fingerprint density at radius 2 is 1.74 bits per heavy atom. The summed E-state index contributed by atoms with van der Waals surface area (Å²) in [5.74, 6) is 0.748. The summed E-state index contributed by atoms with van der Waals surface area (Å²) in [6.07, 6.45) is 2.60. The lowest BCUT2D eigenvalue weighted by Gasteiger charge is -2.12. The molecule has 0 unspecified atom stereocenters. The minimum absolute atomic E-state index is 0.0861. The van der Waals surface area contributed by atoms with Crippen LogP contribution in [0, 0.1) is 0 Å². The molecule has 0 saturated heterocycles. The minimum atomic E-state index is -3.34. The summed E-state index contributed by atoms with van der Waals surface area (Å²) >= 11 is 0. The van der Waals surface area contributed by atoms with Crippen LogP contribution in [0.3, 0.4) is 0 Å². The van der Waals surface area contributed by atoms with Crippen LogP contribution in [0.25, 0.3) is 28.0 Å². The Morgan fingerprint density at radius 1 is 1.05 bits per heavy atom. The first-order valence-electron chi connectivity index (χ1n) is 12.1. The Kier molecular flexibility index (Phi) is 6.43. The summed E-state index contributed by atoms with van der Waals surface area (Å²) in [7, 11) is -3.34. The Bertz CT molecular complexity index is 1780. The molecule has 0 aliphatic heterocycles. The zero-order valence-corrected chi connectivity index (χ0v) is 22.7. The highest BCUT2D eigenvalue weighted by Crippen LogP contribution is 2.32. The first-order chi connectivity index (χ1) is 18.4. The Morgan fingerprint density at radius 3 is 2.36 bits per heavy atom. The first kappa shape index (κ1) is 26.0. The van der Waals surface area contributed by atoms with Gasteiger partial charge in [0.1, 0.15) is 23.6 Å². The molecule has 5 rings (SSSR count). The molecule has 0 atom stereocenters. The van der Waals surface area contributed by atoms with Crippen LogP contribution in [-0.2, 0) is 26.5 Å². The molecule has 3 aromatic heterocycles. The highest BCUT2D eigenvalue weighted by atomic mass is 32.2. The van der Waals surface area contributed by atoms with E-state index in [1.807, 2.05) is 20.8 Å². The fraction of sp³-hybridized carbons (Fsp3) is 0.222. The Hall–Kier alpha value is -4.58. The van der Waals surface area contributed by atoms with Gasteiger partial charge in [0.2, 0.25) is 5.91 Å². The molecule has 3 heterocycles. The van der Waals surface area contributed by atoms with Crippen molar-refractivity contribution in [3.05, 3.63) is 72.4 Å². The third-order valence-corrected chi connectivity index (χ3v) is 7.21. The van der Waals surface area contributed by atoms with Gasteiger partial charge in [-0.1, -0.05) is 38.1 Å². The van der Waals surface area contributed by atoms with E-state index in [1.165, 1.54) is 18.5 Å². The lowest BCUT2D eigenvalue weighted by Crippen LogP contribution is -2.14. The standard InChI is InChI=1S/C27H27N7O4S/c1-27(2,3)21-13-18(33-38-21)14-22(35)31-17-7-9-19(10-8-17)34-26-23(25(28)29-15-30-26)24(32-34)16-5-11-20(12-6-16)39(4,36)37/h5-13,15H,14H2,1-4H3,(H,31,35)(H2,28,29,30). The number of nitrogens with one attached hydrogen (secondary N) is 1. The van der Waals surface area contributed by atoms with Crippen LogP contribution in [0.1, 0.15) is 32.2 Å². The van der Waals surface area contributed by atoms with E-state index in [1.54, 1.807) is 47.1 Å². The quantitative estimate of drug-likeness (QED) is 0.322. The third kappa shape index (κ3) is 5.36. The van der Waals surface area contributed by atoms with E-state index in [2.05, 4.69) is 20.4 Å². The van der Waals surface area contributed by atoms with Crippen LogP contribution in [-0.4, -0.2) is 45.5 Å². The molecule has 2 aromatic carbocycles. The van der Waals surface area contributed by atoms with Gasteiger partial charge in [-0.05, 0) is 36.4 Å². The molecule has 11 nitrogen and oxygen atoms in total. The molecule has 0 aliphatic rings. The van der Waals surface area contributed by atoms with Gasteiger partial charge in [0, 0.05) is 29.0 Å². The van der Waals surface area contributed by atoms with Gasteiger partial charge in [-0.3, -0.25) is 4.79 Å². The van der Waals surface area contributed by atoms with Crippen molar-refractivity contribution < 1.29 is 17.7 Å². The van der Waals surface area contributed by atoms with Crippen molar-refractivity contribution >= 4 is 38.3 Å². The lowest BCUT2D eigenvalue weighted by molar-refractivity contribution is -0.115. The summed E-state index contributed by atoms with van der Waals surface area (Å²) < 4.78 is 30.7. The summed E-state index contributed by atoms with van der Waals surface area (Å²) in [4.78, 5) is 21.3. The second-order valence-corrected chi connectivity index (χ2v) is 12.2. The van der Waals surface area contributed by atoms with Crippen molar-refractivity contribution in [2.45, 2.75) is 37.5 Å². The molecule has 39 heavy (non-hydrogen) atoms. The number of benzene rings is 2. The fourth-order valence-corrected chi connectivity index (χ4v) is 4.65. The maximum atomic E-state index is 12.6. The highest BCUT2D eigenvalue weighted by molar-refractivity contribution is 7.90. The summed E-state index contributed by atoms with van der Waals surface area (Å²) in [6.45, 7) is 6.04. The van der Waals surface area contributed by atoms with E-state index in [4.69, 9.17) is 15.4 Å². The van der Waals surface area contributed by atoms with Crippen molar-refractivity contribution in [1.29, 1.82) is 0 Å². The van der Waals surface area contributed by atoms with Crippen molar-refractivity contribution in [1.82, 2.24) is 24.9 Å². The van der Waals surface area contributed by atoms with Gasteiger partial charge < -0.3 is 15.6 Å². The molecule has 0 spiro atoms. The number of nitrogens with two attached hydrogens (primary N) is 1. The van der Waals surface area contributed by atoms with Crippen molar-refractivity contribution in [2.75, 3.05) is 17.3 Å². The van der Waals surface area contributed by atoms with Crippen LogP contribution in [0.2, 0.25) is 0 Å². The van der Waals surface area contributed by atoms with Gasteiger partial charge in [0.15, 0.2) is 15.5 Å². The maximum Gasteiger partial charge on any atom is 0.230 e. The molecule has 12 heteroatoms. The number of anilines is 2. The van der Waals surface area contributed by atoms with Crippen LogP contribution >= 0.6 is 0 Å². The zero-order valence-electron chi connectivity index (χ0n) is 21.8. The first-order valence-corrected chi connectivity index (χ1v) is 14.0. The van der Waals surface area contributed by atoms with E-state index < -0.39 is 9.84 Å². The van der Waals surface area contributed by atoms with E-state index in [-0.39, 0.29) is 28.5 Å². The Balaban J connectivity index is 1.40. The van der Waals surface area contributed by atoms with E-state index in [9.17, 15) is 13.2 Å². The predicted octanol–water partition coefficient (Wildman–Crippen LogP) is 3.93. The number of aromatic nitrogens is 5. The monoisotopic (exact) mass is 545 g/mol. The number of fused-ring (bicyclic) bond motifs is 1. The zero-order chi connectivity index (χ0) is 27.9. The normalized spacial score (nSPS) is 12.1. The lowest BCUT2D eigenvalue weighted by atomic mass is 9.93. The van der Waals surface area contributed by atoms with E-state index >= 15 is 0 Å². The average Bonchev–Trinajstić information content (AvgIpc) is 3.50. The largest absolute Gasteiger partial charge is 0.383 e. The fourth-order valence-electron chi connectivity index (χ4n) is 4.02. The summed E-state index contributed by atoms with van der Waals surface area (Å²) in [5, 5.41) is 12.1. The minimum Gasteiger partial charge on any atom is -0.383 e. The molecule has 0 radical (unpaired) electrons. The molecule has 0 saturated carbocycles. The van der Waals surface area contributed by atoms with Gasteiger partial charge in [0.25, 0.3) is 0 Å². The van der Waals surface area contributed by atoms with Gasteiger partial charge >= 0.3 is 0 Å². The average molecular weight is 546 g/mol. The van der Waals surface area contributed by atoms with E-state index in [0.717, 1.165) is 12.0 Å². The maximum absolute atomic E-state index is 12.6. The van der Waals surface area contributed by atoms with Gasteiger partial charge in [-0.15, -0.1) is 0 Å². The van der Waals surface area contributed by atoms with E-state index in [0.29, 0.717) is 39.4 Å². The van der Waals surface area contributed by atoms with Crippen molar-refractivity contribution in [3.8, 4) is 16.9 Å². The smallest absolute Gasteiger partial charge is 0.230 e. The summed E-state index contributed by atoms with van der Waals surface area (Å²) in [5.41, 5.74) is 9.52. The molecule has 0 aliphatic carbocycles. The highest BCUT2D eigenvalue weighted by Gasteiger charge is 2.21. The number of rotatable bonds is 6. The van der Waals surface area contributed by atoms with Crippen LogP contribution in [0.5, 0.6) is 0 Å². The van der Waals surface area contributed by atoms with Gasteiger partial charge in [-0.2, -0.15) is 5.10 Å². The van der Waals surface area contributed by atoms with Gasteiger partial charge in [-0.25, -0.2) is 23.1 Å². The number of carbonyl (C=O) groups excluding carboxylic acids is 1. The van der Waals surface area contributed by atoms with Crippen LogP contribution in [0.15, 0.2) is 70.3 Å². The number of amides is 1. The molecule has 0 bridgehead atoms. The number of nitrogens with zero attached hydrogens (tertiary/aromatic N) is 5. The number of carbonyl (C=O) groups is 1. The van der Waals surface area contributed by atoms with Crippen molar-refractivity contribution in [3.63, 3.8) is 0 Å². The number of sulfone groups is 1. The molecule has 200 valence electrons. The summed E-state index contributed by atoms with van der Waals surface area (Å²) in [6, 6.07) is 15.3. The van der Waals surface area contributed by atoms with Crippen LogP contribution < -0.4 is 11.1 Å². The number of hydrogen-bond donors (Lipinski definition) is 2. The number of hydrogen-bond acceptors (Lipinski definition) is 9. The van der Waals surface area contributed by atoms with Gasteiger partial charge in [0.05, 0.1) is 28.1 Å². The molecular weight excluding hydrogens is 518 g/mol. The second kappa shape index (κ2) is 9.62. The number of nitrogen functional groups attached to an aromatic ring is 1. The predicted molar refractivity (Wildman–Crippen MR) is 147 cm³/mol. The second-order valence-electron chi connectivity index (χ2n) is 10.2. The topological polar surface area (TPSA) is 159 Å². The molecule has 0 fully saturated rings. The SMILES string of the molecule is CC(C)(C)c1cc(CC(=O)Nc2ccc(-n3nc(-c4ccc(S(C)(=O)=O)cc4)c4c(N)ncnc43)cc2)no1. The van der Waals surface area contributed by atoms with Crippen LogP contribution in [0.4, 0.5) is 11.5 Å². The third-order valence-electron chi connectivity index (χ3n) is 6.09. The molecule has 3 N–H and O–H groups in total. The molecule has 1 amide bonds.